The van der Waals surface area contributed by atoms with Gasteiger partial charge in [-0.15, -0.1) is 0 Å². The number of ether oxygens (including phenoxy) is 2. The second kappa shape index (κ2) is 6.66. The van der Waals surface area contributed by atoms with Crippen LogP contribution in [0.3, 0.4) is 0 Å². The predicted octanol–water partition coefficient (Wildman–Crippen LogP) is 3.84. The molecule has 0 spiro atoms. The Bertz CT molecular complexity index is 1790. The molecule has 5 atom stereocenters. The van der Waals surface area contributed by atoms with Gasteiger partial charge in [-0.25, -0.2) is 0 Å². The lowest BCUT2D eigenvalue weighted by molar-refractivity contribution is -0.256. The van der Waals surface area contributed by atoms with E-state index >= 15 is 0 Å². The molecule has 3 aliphatic rings. The third kappa shape index (κ3) is 2.15. The molecule has 5 heterocycles. The van der Waals surface area contributed by atoms with Gasteiger partial charge in [-0.2, -0.15) is 0 Å². The van der Waals surface area contributed by atoms with E-state index in [4.69, 9.17) is 9.47 Å². The van der Waals surface area contributed by atoms with Crippen molar-refractivity contribution < 1.29 is 19.4 Å². The lowest BCUT2D eigenvalue weighted by atomic mass is 9.93. The summed E-state index contributed by atoms with van der Waals surface area (Å²) < 4.78 is 17.7. The topological polar surface area (TPSA) is 89.7 Å². The number of nitrogens with one attached hydrogen (secondary N) is 2. The first-order chi connectivity index (χ1) is 17.5. The van der Waals surface area contributed by atoms with Crippen LogP contribution in [-0.2, 0) is 15.2 Å². The summed E-state index contributed by atoms with van der Waals surface area (Å²) in [5, 5.41) is 21.1. The summed E-state index contributed by atoms with van der Waals surface area (Å²) in [6, 6.07) is 16.4. The van der Waals surface area contributed by atoms with Crippen LogP contribution in [-0.4, -0.2) is 46.5 Å². The summed E-state index contributed by atoms with van der Waals surface area (Å²) in [6.45, 7) is 2.09. The third-order valence-corrected chi connectivity index (χ3v) is 8.65. The number of aromatic nitrogens is 2. The molecule has 8 heteroatoms. The molecule has 8 rings (SSSR count). The van der Waals surface area contributed by atoms with Crippen molar-refractivity contribution in [3.63, 3.8) is 0 Å². The molecule has 182 valence electrons. The fraction of sp³-hybridized carbons (Fsp3) is 0.321. The van der Waals surface area contributed by atoms with Gasteiger partial charge in [0.05, 0.1) is 27.6 Å². The molecule has 1 saturated heterocycles. The highest BCUT2D eigenvalue weighted by Crippen LogP contribution is 2.54. The van der Waals surface area contributed by atoms with E-state index in [0.717, 1.165) is 43.6 Å². The molecular weight excluding hydrogens is 456 g/mol. The van der Waals surface area contributed by atoms with Gasteiger partial charge in [0.25, 0.3) is 5.91 Å². The molecule has 0 unspecified atom stereocenters. The van der Waals surface area contributed by atoms with Crippen molar-refractivity contribution >= 4 is 49.5 Å². The van der Waals surface area contributed by atoms with Gasteiger partial charge in [-0.1, -0.05) is 36.4 Å². The number of rotatable bonds is 2. The molecule has 1 fully saturated rings. The van der Waals surface area contributed by atoms with Crippen molar-refractivity contribution in [2.45, 2.75) is 43.7 Å². The number of nitrogens with zero attached hydrogens (tertiary/aromatic N) is 2. The predicted molar refractivity (Wildman–Crippen MR) is 137 cm³/mol. The van der Waals surface area contributed by atoms with Crippen molar-refractivity contribution in [2.24, 2.45) is 0 Å². The second-order valence-electron chi connectivity index (χ2n) is 10.3. The Morgan fingerprint density at radius 1 is 1.08 bits per heavy atom. The Kier molecular flexibility index (Phi) is 3.83. The summed E-state index contributed by atoms with van der Waals surface area (Å²) in [5.41, 5.74) is 4.25. The van der Waals surface area contributed by atoms with Gasteiger partial charge in [-0.05, 0) is 26.1 Å². The number of carbonyl (C=O) groups excluding carboxylic acids is 1. The number of benzene rings is 3. The molecule has 0 radical (unpaired) electrons. The zero-order chi connectivity index (χ0) is 24.5. The Morgan fingerprint density at radius 3 is 2.50 bits per heavy atom. The maximum atomic E-state index is 13.4. The Balaban J connectivity index is 1.73. The number of hydrogen-bond donors (Lipinski definition) is 3. The first-order valence-electron chi connectivity index (χ1n) is 12.4. The van der Waals surface area contributed by atoms with Crippen LogP contribution >= 0.6 is 0 Å². The standard InChI is InChI=1S/C28H26N4O4/c1-28-25(35-3)15(29-2)12-18(36-28)31-16-10-6-4-8-13(16)19-21-22(27(34)30-26(21)33)20-14-9-5-7-11-17(14)32(28)24(20)23(19)31/h4-11,15,18,25,27,29,34H,12H2,1-3H3,(H,30,33)/t15-,18+,25-,27+,28+/m1/s1. The zero-order valence-electron chi connectivity index (χ0n) is 20.2. The van der Waals surface area contributed by atoms with Crippen molar-refractivity contribution in [3.05, 3.63) is 59.7 Å². The largest absolute Gasteiger partial charge is 0.375 e. The fourth-order valence-corrected chi connectivity index (χ4v) is 7.38. The van der Waals surface area contributed by atoms with Crippen LogP contribution < -0.4 is 10.6 Å². The maximum absolute atomic E-state index is 13.4. The summed E-state index contributed by atoms with van der Waals surface area (Å²) >= 11 is 0. The van der Waals surface area contributed by atoms with Crippen molar-refractivity contribution in [2.75, 3.05) is 14.2 Å². The Hall–Kier alpha value is -3.43. The number of amides is 1. The number of para-hydroxylation sites is 2. The van der Waals surface area contributed by atoms with Crippen LogP contribution in [0.5, 0.6) is 0 Å². The van der Waals surface area contributed by atoms with Gasteiger partial charge in [0.2, 0.25) is 0 Å². The van der Waals surface area contributed by atoms with Gasteiger partial charge in [0.15, 0.2) is 12.0 Å². The summed E-state index contributed by atoms with van der Waals surface area (Å²) in [7, 11) is 3.70. The number of fused-ring (bicyclic) bond motifs is 13. The fourth-order valence-electron chi connectivity index (χ4n) is 7.38. The minimum Gasteiger partial charge on any atom is -0.375 e. The second-order valence-corrected chi connectivity index (χ2v) is 10.3. The first-order valence-corrected chi connectivity index (χ1v) is 12.4. The highest BCUT2D eigenvalue weighted by molar-refractivity contribution is 6.31. The molecule has 3 aromatic carbocycles. The van der Waals surface area contributed by atoms with Crippen molar-refractivity contribution in [1.29, 1.82) is 0 Å². The van der Waals surface area contributed by atoms with Gasteiger partial charge in [0.1, 0.15) is 12.3 Å². The first kappa shape index (κ1) is 20.7. The van der Waals surface area contributed by atoms with E-state index in [1.54, 1.807) is 7.11 Å². The minimum absolute atomic E-state index is 0.0289. The van der Waals surface area contributed by atoms with Crippen LogP contribution in [0.1, 0.15) is 41.7 Å². The van der Waals surface area contributed by atoms with E-state index in [0.29, 0.717) is 17.5 Å². The molecule has 2 bridgehead atoms. The number of aliphatic hydroxyl groups is 1. The molecule has 3 aliphatic heterocycles. The van der Waals surface area contributed by atoms with Crippen LogP contribution in [0.4, 0.5) is 0 Å². The van der Waals surface area contributed by atoms with E-state index in [1.807, 2.05) is 31.3 Å². The summed E-state index contributed by atoms with van der Waals surface area (Å²) in [5.74, 6) is -0.249. The number of aliphatic hydroxyl groups excluding tert-OH is 1. The van der Waals surface area contributed by atoms with Gasteiger partial charge < -0.3 is 34.3 Å². The SMILES string of the molecule is CN[C@@H]1C[C@@H]2O[C@@](C)([C@@H]1OC)n1c3ccccc3c3c4c(c5c6ccccc6n2c5c31)C(=O)N[C@H]4O. The van der Waals surface area contributed by atoms with E-state index in [1.165, 1.54) is 0 Å². The lowest BCUT2D eigenvalue weighted by Crippen LogP contribution is -2.59. The number of methoxy groups -OCH3 is 1. The van der Waals surface area contributed by atoms with E-state index in [9.17, 15) is 9.90 Å². The van der Waals surface area contributed by atoms with Crippen LogP contribution in [0.25, 0.3) is 43.6 Å². The Morgan fingerprint density at radius 2 is 1.78 bits per heavy atom. The molecule has 3 N–H and O–H groups in total. The molecule has 0 aliphatic carbocycles. The minimum atomic E-state index is -1.09. The molecule has 5 aromatic rings. The number of likely N-dealkylation sites (N-methyl/N-ethyl adjacent to an activating group) is 1. The zero-order valence-corrected chi connectivity index (χ0v) is 20.2. The van der Waals surface area contributed by atoms with Gasteiger partial charge in [-0.3, -0.25) is 4.79 Å². The molecule has 0 saturated carbocycles. The quantitative estimate of drug-likeness (QED) is 0.356. The van der Waals surface area contributed by atoms with Gasteiger partial charge in [0, 0.05) is 46.7 Å². The molecular formula is C28H26N4O4. The van der Waals surface area contributed by atoms with E-state index in [-0.39, 0.29) is 24.3 Å². The van der Waals surface area contributed by atoms with Crippen LogP contribution in [0, 0.1) is 0 Å². The average Bonchev–Trinajstić information content (AvgIpc) is 3.48. The Labute approximate surface area is 206 Å². The number of carbonyl (C=O) groups is 1. The highest BCUT2D eigenvalue weighted by Gasteiger charge is 2.53. The maximum Gasteiger partial charge on any atom is 0.254 e. The lowest BCUT2D eigenvalue weighted by Gasteiger charge is -2.48. The molecule has 2 aromatic heterocycles. The smallest absolute Gasteiger partial charge is 0.254 e. The number of hydrogen-bond acceptors (Lipinski definition) is 5. The van der Waals surface area contributed by atoms with Crippen LogP contribution in [0.15, 0.2) is 48.5 Å². The third-order valence-electron chi connectivity index (χ3n) is 8.65. The van der Waals surface area contributed by atoms with Gasteiger partial charge >= 0.3 is 0 Å². The monoisotopic (exact) mass is 482 g/mol. The summed E-state index contributed by atoms with van der Waals surface area (Å²) in [6.07, 6.45) is -0.941. The molecule has 36 heavy (non-hydrogen) atoms. The molecule has 1 amide bonds. The van der Waals surface area contributed by atoms with Crippen molar-refractivity contribution in [1.82, 2.24) is 19.8 Å². The van der Waals surface area contributed by atoms with Crippen molar-refractivity contribution in [3.8, 4) is 0 Å². The summed E-state index contributed by atoms with van der Waals surface area (Å²) in [4.78, 5) is 13.4. The highest BCUT2D eigenvalue weighted by atomic mass is 16.6. The average molecular weight is 483 g/mol. The van der Waals surface area contributed by atoms with Crippen LogP contribution in [0.2, 0.25) is 0 Å². The van der Waals surface area contributed by atoms with E-state index in [2.05, 4.69) is 51.0 Å². The van der Waals surface area contributed by atoms with E-state index < -0.39 is 12.0 Å². The normalized spacial score (nSPS) is 28.9. The molecule has 8 nitrogen and oxygen atoms in total.